The molecule has 2 aromatic heterocycles. The number of furan rings is 1. The molecule has 112 valence electrons. The molecule has 3 aromatic rings. The Morgan fingerprint density at radius 2 is 2.18 bits per heavy atom. The Bertz CT molecular complexity index is 896. The van der Waals surface area contributed by atoms with Crippen LogP contribution >= 0.6 is 35.4 Å². The smallest absolute Gasteiger partial charge is 0.216 e. The van der Waals surface area contributed by atoms with Crippen LogP contribution in [0.5, 0.6) is 0 Å². The summed E-state index contributed by atoms with van der Waals surface area (Å²) < 4.78 is 7.17. The Morgan fingerprint density at radius 3 is 2.86 bits per heavy atom. The summed E-state index contributed by atoms with van der Waals surface area (Å²) in [6.45, 7) is 1.82. The number of H-pyrrole nitrogens is 1. The molecular weight excluding hydrogens is 343 g/mol. The van der Waals surface area contributed by atoms with Gasteiger partial charge in [0, 0.05) is 10.6 Å². The molecule has 0 unspecified atom stereocenters. The molecule has 2 heterocycles. The summed E-state index contributed by atoms with van der Waals surface area (Å²) in [4.78, 5) is 0. The van der Waals surface area contributed by atoms with Gasteiger partial charge in [0.25, 0.3) is 0 Å². The normalized spacial score (nSPS) is 11.9. The fraction of sp³-hybridized carbons (Fsp3) is 0.0714. The van der Waals surface area contributed by atoms with Crippen molar-refractivity contribution in [3.05, 3.63) is 57.2 Å². The largest absolute Gasteiger partial charge is 0.463 e. The van der Waals surface area contributed by atoms with Gasteiger partial charge in [0.15, 0.2) is 5.82 Å². The van der Waals surface area contributed by atoms with E-state index in [9.17, 15) is 0 Å². The fourth-order valence-electron chi connectivity index (χ4n) is 1.91. The Labute approximate surface area is 141 Å². The number of halogens is 2. The molecule has 0 aliphatic rings. The standard InChI is InChI=1S/C14H10Cl2N4OS/c1-8(12-3-2-6-21-12)19-20-13(17-18-14(20)22)10-5-4-9(15)7-11(10)16/h2-7H,1H3,(H,18,22). The summed E-state index contributed by atoms with van der Waals surface area (Å²) in [5.41, 5.74) is 1.34. The molecule has 0 amide bonds. The van der Waals surface area contributed by atoms with E-state index in [-0.39, 0.29) is 0 Å². The van der Waals surface area contributed by atoms with Crippen molar-refractivity contribution in [1.29, 1.82) is 0 Å². The highest BCUT2D eigenvalue weighted by Crippen LogP contribution is 2.29. The third-order valence-electron chi connectivity index (χ3n) is 2.95. The van der Waals surface area contributed by atoms with Gasteiger partial charge in [-0.15, -0.1) is 0 Å². The lowest BCUT2D eigenvalue weighted by atomic mass is 10.2. The first-order valence-electron chi connectivity index (χ1n) is 6.28. The topological polar surface area (TPSA) is 59.1 Å². The van der Waals surface area contributed by atoms with Crippen molar-refractivity contribution in [2.45, 2.75) is 6.92 Å². The molecule has 0 bridgehead atoms. The van der Waals surface area contributed by atoms with Crippen LogP contribution in [-0.2, 0) is 0 Å². The zero-order chi connectivity index (χ0) is 15.7. The van der Waals surface area contributed by atoms with Crippen LogP contribution in [0.1, 0.15) is 12.7 Å². The quantitative estimate of drug-likeness (QED) is 0.545. The SMILES string of the molecule is CC(=Nn1c(-c2ccc(Cl)cc2Cl)n[nH]c1=S)c1ccco1. The van der Waals surface area contributed by atoms with E-state index in [4.69, 9.17) is 39.8 Å². The number of benzene rings is 1. The number of nitrogens with zero attached hydrogens (tertiary/aromatic N) is 3. The van der Waals surface area contributed by atoms with Crippen LogP contribution in [0.3, 0.4) is 0 Å². The molecule has 0 fully saturated rings. The van der Waals surface area contributed by atoms with Gasteiger partial charge in [0.2, 0.25) is 4.77 Å². The Balaban J connectivity index is 2.12. The maximum Gasteiger partial charge on any atom is 0.216 e. The van der Waals surface area contributed by atoms with Gasteiger partial charge in [0.1, 0.15) is 11.5 Å². The number of hydrogen-bond donors (Lipinski definition) is 1. The second-order valence-electron chi connectivity index (χ2n) is 4.45. The fourth-order valence-corrected chi connectivity index (χ4v) is 2.58. The van der Waals surface area contributed by atoms with E-state index in [0.29, 0.717) is 37.7 Å². The average Bonchev–Trinajstić information content (AvgIpc) is 3.11. The first-order chi connectivity index (χ1) is 10.6. The van der Waals surface area contributed by atoms with Gasteiger partial charge in [-0.2, -0.15) is 14.9 Å². The van der Waals surface area contributed by atoms with E-state index in [0.717, 1.165) is 0 Å². The van der Waals surface area contributed by atoms with Crippen molar-refractivity contribution in [3.8, 4) is 11.4 Å². The molecule has 5 nitrogen and oxygen atoms in total. The van der Waals surface area contributed by atoms with Crippen molar-refractivity contribution in [1.82, 2.24) is 14.9 Å². The second-order valence-corrected chi connectivity index (χ2v) is 5.68. The molecule has 0 radical (unpaired) electrons. The van der Waals surface area contributed by atoms with Gasteiger partial charge in [-0.05, 0) is 49.5 Å². The first-order valence-corrected chi connectivity index (χ1v) is 7.45. The highest BCUT2D eigenvalue weighted by molar-refractivity contribution is 7.71. The lowest BCUT2D eigenvalue weighted by molar-refractivity contribution is 0.556. The molecule has 1 N–H and O–H groups in total. The van der Waals surface area contributed by atoms with E-state index in [1.54, 1.807) is 30.5 Å². The van der Waals surface area contributed by atoms with Crippen LogP contribution in [0.15, 0.2) is 46.1 Å². The molecule has 0 aliphatic carbocycles. The number of rotatable bonds is 3. The third kappa shape index (κ3) is 2.85. The molecule has 0 saturated carbocycles. The molecule has 3 rings (SSSR count). The maximum absolute atomic E-state index is 6.23. The highest BCUT2D eigenvalue weighted by atomic mass is 35.5. The van der Waals surface area contributed by atoms with E-state index < -0.39 is 0 Å². The minimum Gasteiger partial charge on any atom is -0.463 e. The third-order valence-corrected chi connectivity index (χ3v) is 3.76. The average molecular weight is 353 g/mol. The number of hydrogen-bond acceptors (Lipinski definition) is 4. The Kier molecular flexibility index (Phi) is 4.15. The number of aromatic nitrogens is 3. The molecule has 0 atom stereocenters. The van der Waals surface area contributed by atoms with Gasteiger partial charge in [-0.1, -0.05) is 23.2 Å². The Morgan fingerprint density at radius 1 is 1.36 bits per heavy atom. The van der Waals surface area contributed by atoms with Crippen LogP contribution in [0.4, 0.5) is 0 Å². The van der Waals surface area contributed by atoms with Gasteiger partial charge < -0.3 is 4.42 Å². The molecular formula is C14H10Cl2N4OS. The van der Waals surface area contributed by atoms with Crippen LogP contribution in [0.2, 0.25) is 10.0 Å². The molecule has 0 saturated heterocycles. The van der Waals surface area contributed by atoms with E-state index in [2.05, 4.69) is 15.3 Å². The van der Waals surface area contributed by atoms with E-state index >= 15 is 0 Å². The summed E-state index contributed by atoms with van der Waals surface area (Å²) in [7, 11) is 0. The van der Waals surface area contributed by atoms with E-state index in [1.807, 2.05) is 13.0 Å². The molecule has 0 spiro atoms. The lowest BCUT2D eigenvalue weighted by Gasteiger charge is -2.05. The molecule has 8 heteroatoms. The van der Waals surface area contributed by atoms with Crippen molar-refractivity contribution in [2.24, 2.45) is 5.10 Å². The number of aromatic amines is 1. The van der Waals surface area contributed by atoms with Crippen LogP contribution in [0.25, 0.3) is 11.4 Å². The maximum atomic E-state index is 6.23. The molecule has 1 aromatic carbocycles. The molecule has 22 heavy (non-hydrogen) atoms. The number of nitrogens with one attached hydrogen (secondary N) is 1. The molecule has 0 aliphatic heterocycles. The van der Waals surface area contributed by atoms with Crippen LogP contribution in [0, 0.1) is 4.77 Å². The Hall–Kier alpha value is -1.89. The van der Waals surface area contributed by atoms with E-state index in [1.165, 1.54) is 4.68 Å². The zero-order valence-electron chi connectivity index (χ0n) is 11.4. The van der Waals surface area contributed by atoms with Crippen molar-refractivity contribution >= 4 is 41.1 Å². The van der Waals surface area contributed by atoms with Crippen molar-refractivity contribution in [3.63, 3.8) is 0 Å². The predicted octanol–water partition coefficient (Wildman–Crippen LogP) is 4.78. The summed E-state index contributed by atoms with van der Waals surface area (Å²) in [5, 5.41) is 12.4. The van der Waals surface area contributed by atoms with Gasteiger partial charge >= 0.3 is 0 Å². The van der Waals surface area contributed by atoms with Crippen LogP contribution in [-0.4, -0.2) is 20.6 Å². The van der Waals surface area contributed by atoms with Crippen molar-refractivity contribution < 1.29 is 4.42 Å². The first kappa shape index (κ1) is 15.0. The van der Waals surface area contributed by atoms with Gasteiger partial charge in [-0.25, -0.2) is 5.10 Å². The second kappa shape index (κ2) is 6.08. The minimum atomic E-state index is 0.354. The zero-order valence-corrected chi connectivity index (χ0v) is 13.7. The van der Waals surface area contributed by atoms with Crippen molar-refractivity contribution in [2.75, 3.05) is 0 Å². The summed E-state index contributed by atoms with van der Waals surface area (Å²) in [5.74, 6) is 1.15. The highest BCUT2D eigenvalue weighted by Gasteiger charge is 2.13. The summed E-state index contributed by atoms with van der Waals surface area (Å²) >= 11 is 17.4. The summed E-state index contributed by atoms with van der Waals surface area (Å²) in [6, 6.07) is 8.75. The summed E-state index contributed by atoms with van der Waals surface area (Å²) in [6.07, 6.45) is 1.58. The monoisotopic (exact) mass is 352 g/mol. The van der Waals surface area contributed by atoms with Gasteiger partial charge in [-0.3, -0.25) is 0 Å². The predicted molar refractivity (Wildman–Crippen MR) is 89.2 cm³/mol. The van der Waals surface area contributed by atoms with Gasteiger partial charge in [0.05, 0.1) is 11.3 Å². The van der Waals surface area contributed by atoms with Crippen LogP contribution < -0.4 is 0 Å². The lowest BCUT2D eigenvalue weighted by Crippen LogP contribution is -2.00. The minimum absolute atomic E-state index is 0.354.